The average molecular weight is 322 g/mol. The molecule has 2 nitrogen and oxygen atoms in total. The van der Waals surface area contributed by atoms with Gasteiger partial charge in [-0.1, -0.05) is 28.1 Å². The van der Waals surface area contributed by atoms with E-state index in [4.69, 9.17) is 4.74 Å². The number of nitrogens with one attached hydrogen (secondary N) is 1. The molecule has 19 heavy (non-hydrogen) atoms. The van der Waals surface area contributed by atoms with Crippen molar-refractivity contribution in [3.05, 3.63) is 58.3 Å². The Bertz CT molecular complexity index is 602. The fourth-order valence-corrected chi connectivity index (χ4v) is 2.64. The highest BCUT2D eigenvalue weighted by atomic mass is 79.9. The van der Waals surface area contributed by atoms with Crippen molar-refractivity contribution in [2.24, 2.45) is 0 Å². The standard InChI is InChI=1S/C15H13BrFNO/c16-11-5-6-15-10(7-11)8-12(19-15)9-18-14-4-2-1-3-13(14)17/h1-7,12,18H,8-9H2. The molecule has 0 saturated heterocycles. The van der Waals surface area contributed by atoms with Crippen LogP contribution in [0, 0.1) is 5.82 Å². The van der Waals surface area contributed by atoms with Crippen LogP contribution in [0.25, 0.3) is 0 Å². The Morgan fingerprint density at radius 1 is 1.26 bits per heavy atom. The van der Waals surface area contributed by atoms with Crippen LogP contribution in [-0.2, 0) is 6.42 Å². The van der Waals surface area contributed by atoms with Gasteiger partial charge in [0.1, 0.15) is 17.7 Å². The highest BCUT2D eigenvalue weighted by Gasteiger charge is 2.22. The first-order chi connectivity index (χ1) is 9.22. The molecule has 1 heterocycles. The molecule has 4 heteroatoms. The van der Waals surface area contributed by atoms with E-state index in [0.717, 1.165) is 16.6 Å². The average Bonchev–Trinajstić information content (AvgIpc) is 2.79. The highest BCUT2D eigenvalue weighted by Crippen LogP contribution is 2.31. The van der Waals surface area contributed by atoms with Crippen LogP contribution in [0.15, 0.2) is 46.9 Å². The molecule has 0 fully saturated rings. The SMILES string of the molecule is Fc1ccccc1NCC1Cc2cc(Br)ccc2O1. The van der Waals surface area contributed by atoms with E-state index in [1.54, 1.807) is 12.1 Å². The fraction of sp³-hybridized carbons (Fsp3) is 0.200. The van der Waals surface area contributed by atoms with Crippen LogP contribution in [-0.4, -0.2) is 12.6 Å². The van der Waals surface area contributed by atoms with Gasteiger partial charge in [-0.15, -0.1) is 0 Å². The van der Waals surface area contributed by atoms with Crippen LogP contribution in [0.1, 0.15) is 5.56 Å². The minimum Gasteiger partial charge on any atom is -0.488 e. The lowest BCUT2D eigenvalue weighted by atomic mass is 10.1. The van der Waals surface area contributed by atoms with Crippen molar-refractivity contribution < 1.29 is 9.13 Å². The molecule has 3 rings (SSSR count). The van der Waals surface area contributed by atoms with Gasteiger partial charge in [0.15, 0.2) is 0 Å². The van der Waals surface area contributed by atoms with E-state index in [0.29, 0.717) is 12.2 Å². The molecule has 1 N–H and O–H groups in total. The van der Waals surface area contributed by atoms with Crippen LogP contribution in [0.3, 0.4) is 0 Å². The lowest BCUT2D eigenvalue weighted by molar-refractivity contribution is 0.246. The van der Waals surface area contributed by atoms with Gasteiger partial charge in [-0.3, -0.25) is 0 Å². The number of hydrogen-bond donors (Lipinski definition) is 1. The summed E-state index contributed by atoms with van der Waals surface area (Å²) in [6.07, 6.45) is 0.889. The highest BCUT2D eigenvalue weighted by molar-refractivity contribution is 9.10. The molecule has 2 aromatic carbocycles. The third-order valence-corrected chi connectivity index (χ3v) is 3.65. The van der Waals surface area contributed by atoms with Gasteiger partial charge in [0.2, 0.25) is 0 Å². The number of benzene rings is 2. The molecule has 1 aliphatic heterocycles. The summed E-state index contributed by atoms with van der Waals surface area (Å²) in [6, 6.07) is 12.7. The van der Waals surface area contributed by atoms with Crippen molar-refractivity contribution in [2.45, 2.75) is 12.5 Å². The van der Waals surface area contributed by atoms with Gasteiger partial charge in [0, 0.05) is 10.9 Å². The van der Waals surface area contributed by atoms with Gasteiger partial charge in [-0.25, -0.2) is 4.39 Å². The molecule has 0 saturated carbocycles. The van der Waals surface area contributed by atoms with E-state index >= 15 is 0 Å². The zero-order valence-corrected chi connectivity index (χ0v) is 11.8. The second-order valence-electron chi connectivity index (χ2n) is 4.56. The van der Waals surface area contributed by atoms with E-state index in [1.165, 1.54) is 11.6 Å². The summed E-state index contributed by atoms with van der Waals surface area (Å²) in [7, 11) is 0. The van der Waals surface area contributed by atoms with Gasteiger partial charge in [-0.05, 0) is 35.9 Å². The molecule has 98 valence electrons. The van der Waals surface area contributed by atoms with Crippen LogP contribution in [0.5, 0.6) is 5.75 Å². The lowest BCUT2D eigenvalue weighted by Crippen LogP contribution is -2.24. The van der Waals surface area contributed by atoms with Crippen molar-refractivity contribution >= 4 is 21.6 Å². The van der Waals surface area contributed by atoms with Gasteiger partial charge in [0.25, 0.3) is 0 Å². The molecular formula is C15H13BrFNO. The molecule has 2 aromatic rings. The smallest absolute Gasteiger partial charge is 0.146 e. The van der Waals surface area contributed by atoms with Crippen molar-refractivity contribution in [2.75, 3.05) is 11.9 Å². The Kier molecular flexibility index (Phi) is 3.42. The van der Waals surface area contributed by atoms with E-state index in [-0.39, 0.29) is 11.9 Å². The number of fused-ring (bicyclic) bond motifs is 1. The number of rotatable bonds is 3. The zero-order valence-electron chi connectivity index (χ0n) is 10.2. The Balaban J connectivity index is 1.63. The number of hydrogen-bond acceptors (Lipinski definition) is 2. The van der Waals surface area contributed by atoms with Crippen molar-refractivity contribution in [3.8, 4) is 5.75 Å². The summed E-state index contributed by atoms with van der Waals surface area (Å²) < 4.78 is 20.3. The first-order valence-corrected chi connectivity index (χ1v) is 6.95. The van der Waals surface area contributed by atoms with E-state index < -0.39 is 0 Å². The van der Waals surface area contributed by atoms with Crippen LogP contribution in [0.4, 0.5) is 10.1 Å². The van der Waals surface area contributed by atoms with Gasteiger partial charge >= 0.3 is 0 Å². The third kappa shape index (κ3) is 2.73. The number of halogens is 2. The van der Waals surface area contributed by atoms with Crippen molar-refractivity contribution in [3.63, 3.8) is 0 Å². The summed E-state index contributed by atoms with van der Waals surface area (Å²) in [4.78, 5) is 0. The predicted molar refractivity (Wildman–Crippen MR) is 77.2 cm³/mol. The molecule has 0 spiro atoms. The monoisotopic (exact) mass is 321 g/mol. The first kappa shape index (κ1) is 12.5. The van der Waals surface area contributed by atoms with Crippen molar-refractivity contribution in [1.82, 2.24) is 0 Å². The summed E-state index contributed by atoms with van der Waals surface area (Å²) >= 11 is 3.45. The zero-order chi connectivity index (χ0) is 13.2. The first-order valence-electron chi connectivity index (χ1n) is 6.16. The van der Waals surface area contributed by atoms with E-state index in [9.17, 15) is 4.39 Å². The second kappa shape index (κ2) is 5.21. The largest absolute Gasteiger partial charge is 0.488 e. The molecule has 1 atom stereocenters. The minimum atomic E-state index is -0.235. The predicted octanol–water partition coefficient (Wildman–Crippen LogP) is 4.00. The van der Waals surface area contributed by atoms with Crippen LogP contribution in [0.2, 0.25) is 0 Å². The van der Waals surface area contributed by atoms with Crippen molar-refractivity contribution in [1.29, 1.82) is 0 Å². The Morgan fingerprint density at radius 3 is 2.95 bits per heavy atom. The van der Waals surface area contributed by atoms with Gasteiger partial charge in [0.05, 0.1) is 12.2 Å². The maximum atomic E-state index is 13.5. The minimum absolute atomic E-state index is 0.0453. The summed E-state index contributed by atoms with van der Waals surface area (Å²) in [5, 5.41) is 3.09. The number of ether oxygens (including phenoxy) is 1. The maximum Gasteiger partial charge on any atom is 0.146 e. The molecule has 0 bridgehead atoms. The molecule has 0 aromatic heterocycles. The quantitative estimate of drug-likeness (QED) is 0.922. The summed E-state index contributed by atoms with van der Waals surface area (Å²) in [5.41, 5.74) is 1.71. The molecule has 0 radical (unpaired) electrons. The van der Waals surface area contributed by atoms with Crippen LogP contribution >= 0.6 is 15.9 Å². The second-order valence-corrected chi connectivity index (χ2v) is 5.47. The molecule has 1 aliphatic rings. The normalized spacial score (nSPS) is 16.8. The molecule has 1 unspecified atom stereocenters. The van der Waals surface area contributed by atoms with Crippen LogP contribution < -0.4 is 10.1 Å². The number of para-hydroxylation sites is 1. The van der Waals surface area contributed by atoms with Gasteiger partial charge in [-0.2, -0.15) is 0 Å². The summed E-state index contributed by atoms with van der Waals surface area (Å²) in [5.74, 6) is 0.685. The number of anilines is 1. The van der Waals surface area contributed by atoms with E-state index in [1.807, 2.05) is 18.2 Å². The third-order valence-electron chi connectivity index (χ3n) is 3.16. The Hall–Kier alpha value is -1.55. The topological polar surface area (TPSA) is 21.3 Å². The fourth-order valence-electron chi connectivity index (χ4n) is 2.23. The van der Waals surface area contributed by atoms with Gasteiger partial charge < -0.3 is 10.1 Å². The Labute approximate surface area is 119 Å². The molecule has 0 aliphatic carbocycles. The Morgan fingerprint density at radius 2 is 2.11 bits per heavy atom. The molecule has 0 amide bonds. The summed E-state index contributed by atoms with van der Waals surface area (Å²) in [6.45, 7) is 0.591. The molecular weight excluding hydrogens is 309 g/mol. The van der Waals surface area contributed by atoms with E-state index in [2.05, 4.69) is 27.3 Å². The lowest BCUT2D eigenvalue weighted by Gasteiger charge is -2.13. The maximum absolute atomic E-state index is 13.5.